The quantitative estimate of drug-likeness (QED) is 0.178. The van der Waals surface area contributed by atoms with Crippen LogP contribution in [0.25, 0.3) is 28.5 Å². The van der Waals surface area contributed by atoms with Gasteiger partial charge in [-0.05, 0) is 75.4 Å². The standard InChI is InChI=1S/C29H23N3O5/c1-4-34-29(33)20-9-11-22(12-10-20)32-18(2)15-21(19(32)3)17-31-28-23(16-30)26(24-7-5-13-35-24)27(37-28)25-8-6-14-36-25/h5-15,17H,4H2,1-3H3. The van der Waals surface area contributed by atoms with E-state index in [-0.39, 0.29) is 17.4 Å². The molecule has 0 aliphatic heterocycles. The van der Waals surface area contributed by atoms with Crippen LogP contribution in [0.5, 0.6) is 0 Å². The minimum Gasteiger partial charge on any atom is -0.464 e. The van der Waals surface area contributed by atoms with E-state index in [0.29, 0.717) is 35.0 Å². The Kier molecular flexibility index (Phi) is 6.35. The van der Waals surface area contributed by atoms with Crippen LogP contribution in [-0.2, 0) is 4.74 Å². The highest BCUT2D eigenvalue weighted by molar-refractivity contribution is 5.90. The molecule has 0 saturated heterocycles. The van der Waals surface area contributed by atoms with Gasteiger partial charge >= 0.3 is 5.97 Å². The predicted molar refractivity (Wildman–Crippen MR) is 137 cm³/mol. The molecule has 0 bridgehead atoms. The van der Waals surface area contributed by atoms with Crippen LogP contribution >= 0.6 is 0 Å². The van der Waals surface area contributed by atoms with E-state index in [1.165, 1.54) is 12.5 Å². The second-order valence-electron chi connectivity index (χ2n) is 8.24. The van der Waals surface area contributed by atoms with Gasteiger partial charge in [0.2, 0.25) is 5.88 Å². The molecule has 184 valence electrons. The molecule has 0 saturated carbocycles. The lowest BCUT2D eigenvalue weighted by Crippen LogP contribution is -2.05. The molecule has 8 heteroatoms. The van der Waals surface area contributed by atoms with E-state index in [0.717, 1.165) is 22.6 Å². The molecule has 8 nitrogen and oxygen atoms in total. The van der Waals surface area contributed by atoms with E-state index in [4.69, 9.17) is 18.0 Å². The zero-order valence-electron chi connectivity index (χ0n) is 20.5. The second kappa shape index (κ2) is 9.91. The lowest BCUT2D eigenvalue weighted by Gasteiger charge is -2.10. The highest BCUT2D eigenvalue weighted by Gasteiger charge is 2.26. The van der Waals surface area contributed by atoms with Crippen LogP contribution in [0.15, 0.2) is 85.4 Å². The Morgan fingerprint density at radius 2 is 1.78 bits per heavy atom. The average Bonchev–Trinajstić information content (AvgIpc) is 3.70. The maximum absolute atomic E-state index is 12.0. The maximum Gasteiger partial charge on any atom is 0.338 e. The van der Waals surface area contributed by atoms with Crippen LogP contribution in [0.3, 0.4) is 0 Å². The number of ether oxygens (including phenoxy) is 1. The third-order valence-electron chi connectivity index (χ3n) is 5.94. The highest BCUT2D eigenvalue weighted by atomic mass is 16.5. The first kappa shape index (κ1) is 23.7. The Bertz CT molecular complexity index is 1610. The van der Waals surface area contributed by atoms with Gasteiger partial charge in [0.25, 0.3) is 0 Å². The molecule has 0 unspecified atom stereocenters. The minimum atomic E-state index is -0.350. The SMILES string of the molecule is CCOC(=O)c1ccc(-n2c(C)cc(C=Nc3oc(-c4ccco4)c(-c4ccco4)c3C#N)c2C)cc1. The molecule has 0 aliphatic carbocycles. The van der Waals surface area contributed by atoms with Crippen LogP contribution in [0.2, 0.25) is 0 Å². The van der Waals surface area contributed by atoms with Gasteiger partial charge < -0.3 is 22.6 Å². The Balaban J connectivity index is 1.51. The van der Waals surface area contributed by atoms with Crippen LogP contribution in [0.4, 0.5) is 5.88 Å². The first-order chi connectivity index (χ1) is 18.0. The van der Waals surface area contributed by atoms with Gasteiger partial charge in [-0.2, -0.15) is 5.26 Å². The van der Waals surface area contributed by atoms with Crippen LogP contribution in [-0.4, -0.2) is 23.4 Å². The summed E-state index contributed by atoms with van der Waals surface area (Å²) in [4.78, 5) is 16.5. The molecule has 0 N–H and O–H groups in total. The third kappa shape index (κ3) is 4.39. The van der Waals surface area contributed by atoms with Crippen molar-refractivity contribution in [1.29, 1.82) is 5.26 Å². The Labute approximate surface area is 213 Å². The number of carbonyl (C=O) groups excluding carboxylic acids is 1. The summed E-state index contributed by atoms with van der Waals surface area (Å²) in [5.41, 5.74) is 4.91. The summed E-state index contributed by atoms with van der Waals surface area (Å²) in [5.74, 6) is 1.13. The molecule has 0 aliphatic rings. The zero-order chi connectivity index (χ0) is 25.9. The summed E-state index contributed by atoms with van der Waals surface area (Å²) in [7, 11) is 0. The van der Waals surface area contributed by atoms with Gasteiger partial charge in [0.1, 0.15) is 17.4 Å². The van der Waals surface area contributed by atoms with E-state index >= 15 is 0 Å². The van der Waals surface area contributed by atoms with Crippen molar-refractivity contribution < 1.29 is 22.8 Å². The number of aryl methyl sites for hydroxylation is 1. The van der Waals surface area contributed by atoms with Crippen molar-refractivity contribution in [2.24, 2.45) is 4.99 Å². The highest BCUT2D eigenvalue weighted by Crippen LogP contribution is 2.42. The molecule has 5 aromatic rings. The van der Waals surface area contributed by atoms with Gasteiger partial charge in [0.05, 0.1) is 30.3 Å². The number of hydrogen-bond donors (Lipinski definition) is 0. The second-order valence-corrected chi connectivity index (χ2v) is 8.24. The summed E-state index contributed by atoms with van der Waals surface area (Å²) in [6, 6.07) is 18.4. The number of furan rings is 3. The fraction of sp³-hybridized carbons (Fsp3) is 0.138. The molecular weight excluding hydrogens is 470 g/mol. The topological polar surface area (TPSA) is 107 Å². The number of esters is 1. The molecular formula is C29H23N3O5. The van der Waals surface area contributed by atoms with Gasteiger partial charge in [-0.3, -0.25) is 0 Å². The molecule has 37 heavy (non-hydrogen) atoms. The van der Waals surface area contributed by atoms with E-state index in [2.05, 4.69) is 15.6 Å². The van der Waals surface area contributed by atoms with Gasteiger partial charge in [0.15, 0.2) is 11.5 Å². The van der Waals surface area contributed by atoms with Crippen molar-refractivity contribution in [2.45, 2.75) is 20.8 Å². The number of aromatic nitrogens is 1. The number of nitrogens with zero attached hydrogens (tertiary/aromatic N) is 3. The monoisotopic (exact) mass is 493 g/mol. The average molecular weight is 494 g/mol. The Morgan fingerprint density at radius 1 is 1.08 bits per heavy atom. The number of rotatable bonds is 7. The molecule has 4 aromatic heterocycles. The molecule has 0 spiro atoms. The van der Waals surface area contributed by atoms with E-state index < -0.39 is 0 Å². The number of benzene rings is 1. The van der Waals surface area contributed by atoms with E-state index in [9.17, 15) is 10.1 Å². The van der Waals surface area contributed by atoms with Gasteiger partial charge in [-0.15, -0.1) is 0 Å². The molecule has 1 aromatic carbocycles. The fourth-order valence-electron chi connectivity index (χ4n) is 4.26. The molecule has 0 radical (unpaired) electrons. The summed E-state index contributed by atoms with van der Waals surface area (Å²) >= 11 is 0. The minimum absolute atomic E-state index is 0.156. The lowest BCUT2D eigenvalue weighted by molar-refractivity contribution is 0.0526. The molecule has 5 rings (SSSR count). The van der Waals surface area contributed by atoms with E-state index in [1.807, 2.05) is 32.0 Å². The van der Waals surface area contributed by atoms with Crippen molar-refractivity contribution in [3.63, 3.8) is 0 Å². The van der Waals surface area contributed by atoms with Gasteiger partial charge in [-0.25, -0.2) is 9.79 Å². The summed E-state index contributed by atoms with van der Waals surface area (Å²) in [6.45, 7) is 6.07. The molecule has 0 amide bonds. The number of carbonyl (C=O) groups is 1. The number of hydrogen-bond acceptors (Lipinski definition) is 7. The smallest absolute Gasteiger partial charge is 0.338 e. The van der Waals surface area contributed by atoms with E-state index in [1.54, 1.807) is 49.5 Å². The summed E-state index contributed by atoms with van der Waals surface area (Å²) < 4.78 is 24.2. The summed E-state index contributed by atoms with van der Waals surface area (Å²) in [6.07, 6.45) is 4.74. The first-order valence-corrected chi connectivity index (χ1v) is 11.7. The number of nitriles is 1. The van der Waals surface area contributed by atoms with Crippen LogP contribution in [0.1, 0.15) is 39.8 Å². The van der Waals surface area contributed by atoms with Crippen LogP contribution < -0.4 is 0 Å². The first-order valence-electron chi connectivity index (χ1n) is 11.7. The van der Waals surface area contributed by atoms with Crippen molar-refractivity contribution in [1.82, 2.24) is 4.57 Å². The van der Waals surface area contributed by atoms with Gasteiger partial charge in [-0.1, -0.05) is 0 Å². The van der Waals surface area contributed by atoms with Crippen molar-refractivity contribution >= 4 is 18.1 Å². The van der Waals surface area contributed by atoms with Crippen LogP contribution in [0, 0.1) is 25.2 Å². The number of aliphatic imine (C=N–C) groups is 1. The Hall–Kier alpha value is -5.03. The van der Waals surface area contributed by atoms with Crippen molar-refractivity contribution in [2.75, 3.05) is 6.61 Å². The predicted octanol–water partition coefficient (Wildman–Crippen LogP) is 7.01. The lowest BCUT2D eigenvalue weighted by atomic mass is 10.1. The van der Waals surface area contributed by atoms with Gasteiger partial charge in [0, 0.05) is 28.9 Å². The molecule has 4 heterocycles. The zero-order valence-corrected chi connectivity index (χ0v) is 20.5. The molecule has 0 atom stereocenters. The maximum atomic E-state index is 12.0. The summed E-state index contributed by atoms with van der Waals surface area (Å²) in [5, 5.41) is 9.96. The molecule has 0 fully saturated rings. The largest absolute Gasteiger partial charge is 0.464 e. The normalized spacial score (nSPS) is 11.2. The van der Waals surface area contributed by atoms with Crippen molar-refractivity contribution in [3.05, 3.63) is 95.2 Å². The fourth-order valence-corrected chi connectivity index (χ4v) is 4.26. The van der Waals surface area contributed by atoms with Crippen molar-refractivity contribution in [3.8, 4) is 34.6 Å². The third-order valence-corrected chi connectivity index (χ3v) is 5.94. The Morgan fingerprint density at radius 3 is 2.41 bits per heavy atom.